The number of methoxy groups -OCH3 is 2. The number of nitrogens with zero attached hydrogens (tertiary/aromatic N) is 2. The molecule has 1 heterocycles. The molecule has 0 radical (unpaired) electrons. The Morgan fingerprint density at radius 3 is 2.64 bits per heavy atom. The number of aromatic nitrogens is 2. The fourth-order valence-electron chi connectivity index (χ4n) is 1.98. The standard InChI is InChI=1S/C15H18ClN3O3/c1-10-8-17-19(9-10)5-4-15(20)18-12-7-13(21-2)11(16)6-14(12)22-3/h6-9H,4-5H2,1-3H3,(H,18,20). The zero-order valence-corrected chi connectivity index (χ0v) is 13.5. The van der Waals surface area contributed by atoms with Gasteiger partial charge in [-0.3, -0.25) is 9.48 Å². The number of carbonyl (C=O) groups excluding carboxylic acids is 1. The smallest absolute Gasteiger partial charge is 0.226 e. The average molecular weight is 324 g/mol. The van der Waals surface area contributed by atoms with Crippen molar-refractivity contribution in [1.82, 2.24) is 9.78 Å². The molecule has 1 amide bonds. The summed E-state index contributed by atoms with van der Waals surface area (Å²) in [5.41, 5.74) is 1.58. The summed E-state index contributed by atoms with van der Waals surface area (Å²) in [4.78, 5) is 12.1. The first-order valence-corrected chi connectivity index (χ1v) is 7.11. The van der Waals surface area contributed by atoms with E-state index in [0.717, 1.165) is 5.56 Å². The number of aryl methyl sites for hydroxylation is 2. The number of hydrogen-bond acceptors (Lipinski definition) is 4. The third kappa shape index (κ3) is 3.92. The molecule has 6 nitrogen and oxygen atoms in total. The fourth-order valence-corrected chi connectivity index (χ4v) is 2.21. The van der Waals surface area contributed by atoms with E-state index in [1.165, 1.54) is 14.2 Å². The second-order valence-corrected chi connectivity index (χ2v) is 5.17. The minimum absolute atomic E-state index is 0.143. The van der Waals surface area contributed by atoms with Crippen LogP contribution in [0.3, 0.4) is 0 Å². The highest BCUT2D eigenvalue weighted by Gasteiger charge is 2.12. The largest absolute Gasteiger partial charge is 0.495 e. The first-order chi connectivity index (χ1) is 10.5. The fraction of sp³-hybridized carbons (Fsp3) is 0.333. The summed E-state index contributed by atoms with van der Waals surface area (Å²) in [6.45, 7) is 2.46. The molecule has 7 heteroatoms. The summed E-state index contributed by atoms with van der Waals surface area (Å²) in [5.74, 6) is 0.811. The van der Waals surface area contributed by atoms with Crippen molar-refractivity contribution in [2.24, 2.45) is 0 Å². The summed E-state index contributed by atoms with van der Waals surface area (Å²) >= 11 is 6.03. The second kappa shape index (κ2) is 7.17. The van der Waals surface area contributed by atoms with Crippen molar-refractivity contribution in [3.8, 4) is 11.5 Å². The van der Waals surface area contributed by atoms with Crippen LogP contribution in [0, 0.1) is 6.92 Å². The molecule has 0 atom stereocenters. The molecule has 0 aliphatic rings. The molecule has 1 aromatic heterocycles. The van der Waals surface area contributed by atoms with Crippen LogP contribution in [0.2, 0.25) is 5.02 Å². The Labute approximate surface area is 134 Å². The zero-order chi connectivity index (χ0) is 16.1. The molecular formula is C15H18ClN3O3. The van der Waals surface area contributed by atoms with Crippen LogP contribution < -0.4 is 14.8 Å². The van der Waals surface area contributed by atoms with Gasteiger partial charge in [0.05, 0.1) is 31.1 Å². The van der Waals surface area contributed by atoms with Gasteiger partial charge in [0.25, 0.3) is 0 Å². The van der Waals surface area contributed by atoms with Crippen LogP contribution in [0.4, 0.5) is 5.69 Å². The van der Waals surface area contributed by atoms with Gasteiger partial charge in [-0.2, -0.15) is 5.10 Å². The van der Waals surface area contributed by atoms with Gasteiger partial charge in [0.1, 0.15) is 11.5 Å². The summed E-state index contributed by atoms with van der Waals surface area (Å²) in [7, 11) is 3.03. The van der Waals surface area contributed by atoms with E-state index in [-0.39, 0.29) is 5.91 Å². The SMILES string of the molecule is COc1cc(NC(=O)CCn2cc(C)cn2)c(OC)cc1Cl. The number of carbonyl (C=O) groups is 1. The number of halogens is 1. The van der Waals surface area contributed by atoms with E-state index in [1.807, 2.05) is 13.1 Å². The highest BCUT2D eigenvalue weighted by molar-refractivity contribution is 6.32. The quantitative estimate of drug-likeness (QED) is 0.887. The van der Waals surface area contributed by atoms with Crippen molar-refractivity contribution in [1.29, 1.82) is 0 Å². The molecule has 0 bridgehead atoms. The van der Waals surface area contributed by atoms with E-state index in [1.54, 1.807) is 23.0 Å². The lowest BCUT2D eigenvalue weighted by Gasteiger charge is -2.13. The van der Waals surface area contributed by atoms with Crippen molar-refractivity contribution in [3.63, 3.8) is 0 Å². The molecule has 2 rings (SSSR count). The van der Waals surface area contributed by atoms with Gasteiger partial charge in [-0.15, -0.1) is 0 Å². The molecule has 22 heavy (non-hydrogen) atoms. The van der Waals surface area contributed by atoms with Crippen molar-refractivity contribution < 1.29 is 14.3 Å². The Hall–Kier alpha value is -2.21. The summed E-state index contributed by atoms with van der Waals surface area (Å²) in [6.07, 6.45) is 3.94. The van der Waals surface area contributed by atoms with Crippen LogP contribution in [0.25, 0.3) is 0 Å². The number of hydrogen-bond donors (Lipinski definition) is 1. The van der Waals surface area contributed by atoms with Gasteiger partial charge in [-0.05, 0) is 12.5 Å². The van der Waals surface area contributed by atoms with E-state index in [4.69, 9.17) is 21.1 Å². The third-order valence-corrected chi connectivity index (χ3v) is 3.37. The minimum atomic E-state index is -0.143. The van der Waals surface area contributed by atoms with Crippen molar-refractivity contribution in [3.05, 3.63) is 35.1 Å². The molecule has 0 spiro atoms. The Morgan fingerprint density at radius 1 is 1.32 bits per heavy atom. The van der Waals surface area contributed by atoms with E-state index < -0.39 is 0 Å². The topological polar surface area (TPSA) is 65.4 Å². The molecule has 0 aliphatic carbocycles. The normalized spacial score (nSPS) is 10.4. The lowest BCUT2D eigenvalue weighted by molar-refractivity contribution is -0.116. The van der Waals surface area contributed by atoms with Crippen LogP contribution in [-0.4, -0.2) is 29.9 Å². The number of rotatable bonds is 6. The first-order valence-electron chi connectivity index (χ1n) is 6.74. The maximum absolute atomic E-state index is 12.1. The minimum Gasteiger partial charge on any atom is -0.495 e. The van der Waals surface area contributed by atoms with E-state index >= 15 is 0 Å². The highest BCUT2D eigenvalue weighted by Crippen LogP contribution is 2.35. The predicted molar refractivity (Wildman–Crippen MR) is 84.8 cm³/mol. The van der Waals surface area contributed by atoms with Crippen LogP contribution in [0.1, 0.15) is 12.0 Å². The molecular weight excluding hydrogens is 306 g/mol. The van der Waals surface area contributed by atoms with Crippen LogP contribution in [0.5, 0.6) is 11.5 Å². The Kier molecular flexibility index (Phi) is 5.27. The molecule has 0 saturated carbocycles. The van der Waals surface area contributed by atoms with Gasteiger partial charge in [-0.1, -0.05) is 11.6 Å². The molecule has 118 valence electrons. The van der Waals surface area contributed by atoms with E-state index in [9.17, 15) is 4.79 Å². The molecule has 2 aromatic rings. The van der Waals surface area contributed by atoms with Crippen molar-refractivity contribution in [2.45, 2.75) is 19.9 Å². The average Bonchev–Trinajstić information content (AvgIpc) is 2.92. The number of ether oxygens (including phenoxy) is 2. The molecule has 0 unspecified atom stereocenters. The summed E-state index contributed by atoms with van der Waals surface area (Å²) < 4.78 is 12.1. The molecule has 0 fully saturated rings. The maximum atomic E-state index is 12.1. The number of benzene rings is 1. The number of amides is 1. The maximum Gasteiger partial charge on any atom is 0.226 e. The molecule has 0 aliphatic heterocycles. The third-order valence-electron chi connectivity index (χ3n) is 3.08. The lowest BCUT2D eigenvalue weighted by Crippen LogP contribution is -2.15. The van der Waals surface area contributed by atoms with Crippen LogP contribution in [0.15, 0.2) is 24.5 Å². The van der Waals surface area contributed by atoms with Gasteiger partial charge in [0.2, 0.25) is 5.91 Å². The van der Waals surface area contributed by atoms with Crippen molar-refractivity contribution >= 4 is 23.2 Å². The molecule has 1 aromatic carbocycles. The Bertz CT molecular complexity index is 670. The predicted octanol–water partition coefficient (Wildman–Crippen LogP) is 2.89. The van der Waals surface area contributed by atoms with E-state index in [0.29, 0.717) is 35.2 Å². The van der Waals surface area contributed by atoms with Gasteiger partial charge >= 0.3 is 0 Å². The zero-order valence-electron chi connectivity index (χ0n) is 12.7. The van der Waals surface area contributed by atoms with Gasteiger partial charge < -0.3 is 14.8 Å². The summed E-state index contributed by atoms with van der Waals surface area (Å²) in [6, 6.07) is 3.24. The molecule has 1 N–H and O–H groups in total. The van der Waals surface area contributed by atoms with Gasteiger partial charge in [-0.25, -0.2) is 0 Å². The van der Waals surface area contributed by atoms with Crippen molar-refractivity contribution in [2.75, 3.05) is 19.5 Å². The molecule has 0 saturated heterocycles. The second-order valence-electron chi connectivity index (χ2n) is 4.77. The lowest BCUT2D eigenvalue weighted by atomic mass is 10.2. The van der Waals surface area contributed by atoms with E-state index in [2.05, 4.69) is 10.4 Å². The number of nitrogens with one attached hydrogen (secondary N) is 1. The Morgan fingerprint density at radius 2 is 2.05 bits per heavy atom. The summed E-state index contributed by atoms with van der Waals surface area (Å²) in [5, 5.41) is 7.36. The first kappa shape index (κ1) is 16.2. The monoisotopic (exact) mass is 323 g/mol. The Balaban J connectivity index is 2.04. The van der Waals surface area contributed by atoms with Gasteiger partial charge in [0, 0.05) is 31.3 Å². The van der Waals surface area contributed by atoms with Crippen LogP contribution >= 0.6 is 11.6 Å². The highest BCUT2D eigenvalue weighted by atomic mass is 35.5. The van der Waals surface area contributed by atoms with Crippen LogP contribution in [-0.2, 0) is 11.3 Å². The number of anilines is 1. The van der Waals surface area contributed by atoms with Gasteiger partial charge in [0.15, 0.2) is 0 Å².